The Morgan fingerprint density at radius 1 is 1.19 bits per heavy atom. The van der Waals surface area contributed by atoms with E-state index in [0.29, 0.717) is 21.0 Å². The highest BCUT2D eigenvalue weighted by Gasteiger charge is 2.69. The first kappa shape index (κ1) is 15.2. The summed E-state index contributed by atoms with van der Waals surface area (Å²) in [5, 5.41) is 1.75. The lowest BCUT2D eigenvalue weighted by atomic mass is 9.56. The summed E-state index contributed by atoms with van der Waals surface area (Å²) in [6.45, 7) is 10.1. The van der Waals surface area contributed by atoms with Crippen LogP contribution in [0.15, 0.2) is 0 Å². The Kier molecular flexibility index (Phi) is 3.33. The third kappa shape index (κ3) is 2.09. The van der Waals surface area contributed by atoms with Crippen molar-refractivity contribution in [1.82, 2.24) is 0 Å². The quantitative estimate of drug-likeness (QED) is 0.677. The SMILES string of the molecule is CCC12CC(C3C(C)(C)CCC4SC43C)CC(OC)C1S2. The predicted octanol–water partition coefficient (Wildman–Crippen LogP) is 4.99. The fraction of sp³-hybridized carbons (Fsp3) is 1.00. The van der Waals surface area contributed by atoms with Gasteiger partial charge < -0.3 is 4.74 Å². The van der Waals surface area contributed by atoms with Crippen LogP contribution in [0.3, 0.4) is 0 Å². The molecule has 0 aromatic carbocycles. The van der Waals surface area contributed by atoms with Crippen LogP contribution in [-0.4, -0.2) is 33.2 Å². The first-order valence-electron chi connectivity index (χ1n) is 8.75. The summed E-state index contributed by atoms with van der Waals surface area (Å²) in [5.74, 6) is 1.76. The average Bonchev–Trinajstić information content (AvgIpc) is 3.30. The van der Waals surface area contributed by atoms with Crippen LogP contribution in [-0.2, 0) is 4.74 Å². The number of rotatable bonds is 3. The van der Waals surface area contributed by atoms with Crippen molar-refractivity contribution in [3.63, 3.8) is 0 Å². The minimum Gasteiger partial charge on any atom is -0.380 e. The fourth-order valence-electron chi connectivity index (χ4n) is 6.08. The number of hydrogen-bond donors (Lipinski definition) is 0. The Balaban J connectivity index is 1.62. The van der Waals surface area contributed by atoms with E-state index in [-0.39, 0.29) is 0 Å². The van der Waals surface area contributed by atoms with Gasteiger partial charge in [-0.3, -0.25) is 0 Å². The molecular formula is C18H30OS2. The maximum atomic E-state index is 5.92. The van der Waals surface area contributed by atoms with E-state index < -0.39 is 0 Å². The summed E-state index contributed by atoms with van der Waals surface area (Å²) in [7, 11) is 1.94. The molecule has 0 N–H and O–H groups in total. The summed E-state index contributed by atoms with van der Waals surface area (Å²) >= 11 is 4.52. The number of fused-ring (bicyclic) bond motifs is 2. The van der Waals surface area contributed by atoms with Crippen LogP contribution in [0.25, 0.3) is 0 Å². The van der Waals surface area contributed by atoms with Crippen LogP contribution >= 0.6 is 23.5 Å². The molecule has 2 aliphatic carbocycles. The normalized spacial score (nSPS) is 57.3. The molecule has 2 aliphatic heterocycles. The van der Waals surface area contributed by atoms with Crippen molar-refractivity contribution in [3.05, 3.63) is 0 Å². The van der Waals surface area contributed by atoms with Crippen LogP contribution in [0.2, 0.25) is 0 Å². The van der Waals surface area contributed by atoms with Crippen LogP contribution in [0.1, 0.15) is 59.8 Å². The molecule has 2 heterocycles. The van der Waals surface area contributed by atoms with Crippen molar-refractivity contribution in [1.29, 1.82) is 0 Å². The highest BCUT2D eigenvalue weighted by Crippen LogP contribution is 2.73. The summed E-state index contributed by atoms with van der Waals surface area (Å²) in [6, 6.07) is 0. The summed E-state index contributed by atoms with van der Waals surface area (Å²) in [6.07, 6.45) is 7.48. The zero-order valence-corrected chi connectivity index (χ0v) is 15.8. The van der Waals surface area contributed by atoms with Crippen LogP contribution in [0.4, 0.5) is 0 Å². The third-order valence-electron chi connectivity index (χ3n) is 7.16. The van der Waals surface area contributed by atoms with Crippen molar-refractivity contribution in [2.24, 2.45) is 17.3 Å². The van der Waals surface area contributed by atoms with Gasteiger partial charge in [-0.15, -0.1) is 23.5 Å². The van der Waals surface area contributed by atoms with E-state index in [1.807, 2.05) is 7.11 Å². The van der Waals surface area contributed by atoms with Gasteiger partial charge in [0, 0.05) is 27.1 Å². The van der Waals surface area contributed by atoms with Gasteiger partial charge >= 0.3 is 0 Å². The van der Waals surface area contributed by atoms with Crippen molar-refractivity contribution < 1.29 is 4.74 Å². The van der Waals surface area contributed by atoms with Gasteiger partial charge in [0.05, 0.1) is 6.10 Å². The van der Waals surface area contributed by atoms with Crippen molar-refractivity contribution >= 4 is 23.5 Å². The molecule has 0 amide bonds. The van der Waals surface area contributed by atoms with Crippen molar-refractivity contribution in [2.75, 3.05) is 7.11 Å². The molecule has 3 heteroatoms. The summed E-state index contributed by atoms with van der Waals surface area (Å²) in [4.78, 5) is 0. The second-order valence-corrected chi connectivity index (χ2v) is 12.0. The van der Waals surface area contributed by atoms with Crippen LogP contribution in [0.5, 0.6) is 0 Å². The zero-order chi connectivity index (χ0) is 15.0. The van der Waals surface area contributed by atoms with Crippen molar-refractivity contribution in [2.45, 2.75) is 85.9 Å². The van der Waals surface area contributed by atoms with Gasteiger partial charge in [-0.05, 0) is 56.3 Å². The molecule has 4 aliphatic rings. The minimum absolute atomic E-state index is 0.511. The first-order valence-corrected chi connectivity index (χ1v) is 10.5. The van der Waals surface area contributed by atoms with Gasteiger partial charge in [0.25, 0.3) is 0 Å². The van der Waals surface area contributed by atoms with Crippen molar-refractivity contribution in [3.8, 4) is 0 Å². The maximum absolute atomic E-state index is 5.92. The number of methoxy groups -OCH3 is 1. The van der Waals surface area contributed by atoms with E-state index in [1.54, 1.807) is 0 Å². The standard InChI is InChI=1S/C18H30OS2/c1-6-18-10-11(9-12(19-5)15(18)21-18)14-16(2,3)8-7-13-17(14,4)20-13/h11-15H,6-10H2,1-5H3. The number of ether oxygens (including phenoxy) is 1. The molecular weight excluding hydrogens is 296 g/mol. The van der Waals surface area contributed by atoms with E-state index in [2.05, 4.69) is 51.2 Å². The Morgan fingerprint density at radius 3 is 2.62 bits per heavy atom. The second kappa shape index (κ2) is 4.60. The first-order chi connectivity index (χ1) is 9.86. The van der Waals surface area contributed by atoms with E-state index in [4.69, 9.17) is 4.74 Å². The molecule has 0 radical (unpaired) electrons. The van der Waals surface area contributed by atoms with Gasteiger partial charge in [-0.25, -0.2) is 0 Å². The Morgan fingerprint density at radius 2 is 1.95 bits per heavy atom. The monoisotopic (exact) mass is 326 g/mol. The molecule has 21 heavy (non-hydrogen) atoms. The van der Waals surface area contributed by atoms with Gasteiger partial charge in [-0.1, -0.05) is 20.8 Å². The number of hydrogen-bond acceptors (Lipinski definition) is 3. The minimum atomic E-state index is 0.511. The molecule has 7 unspecified atom stereocenters. The van der Waals surface area contributed by atoms with E-state index >= 15 is 0 Å². The lowest BCUT2D eigenvalue weighted by Crippen LogP contribution is -2.49. The summed E-state index contributed by atoms with van der Waals surface area (Å²) in [5.41, 5.74) is 0.513. The summed E-state index contributed by atoms with van der Waals surface area (Å²) < 4.78 is 7.06. The molecule has 0 aromatic heterocycles. The van der Waals surface area contributed by atoms with Crippen LogP contribution in [0, 0.1) is 17.3 Å². The largest absolute Gasteiger partial charge is 0.380 e. The Hall–Kier alpha value is 0.660. The van der Waals surface area contributed by atoms with Gasteiger partial charge in [0.2, 0.25) is 0 Å². The lowest BCUT2D eigenvalue weighted by molar-refractivity contribution is -0.00363. The molecule has 2 saturated heterocycles. The smallest absolute Gasteiger partial charge is 0.0706 e. The topological polar surface area (TPSA) is 9.23 Å². The Labute approximate surface area is 138 Å². The average molecular weight is 327 g/mol. The van der Waals surface area contributed by atoms with Crippen LogP contribution < -0.4 is 0 Å². The van der Waals surface area contributed by atoms with Gasteiger partial charge in [0.1, 0.15) is 0 Å². The highest BCUT2D eigenvalue weighted by molar-refractivity contribution is 8.09. The molecule has 0 spiro atoms. The molecule has 4 rings (SSSR count). The van der Waals surface area contributed by atoms with E-state index in [1.165, 1.54) is 32.1 Å². The lowest BCUT2D eigenvalue weighted by Gasteiger charge is -2.49. The zero-order valence-electron chi connectivity index (χ0n) is 14.1. The van der Waals surface area contributed by atoms with Gasteiger partial charge in [0.15, 0.2) is 0 Å². The Bertz CT molecular complexity index is 446. The molecule has 120 valence electrons. The second-order valence-electron chi connectivity index (χ2n) is 8.73. The molecule has 2 saturated carbocycles. The molecule has 0 bridgehead atoms. The maximum Gasteiger partial charge on any atom is 0.0706 e. The molecule has 4 fully saturated rings. The molecule has 1 nitrogen and oxygen atoms in total. The third-order valence-corrected chi connectivity index (χ3v) is 10.9. The van der Waals surface area contributed by atoms with E-state index in [0.717, 1.165) is 22.3 Å². The highest BCUT2D eigenvalue weighted by atomic mass is 32.2. The van der Waals surface area contributed by atoms with E-state index in [9.17, 15) is 0 Å². The molecule has 0 aromatic rings. The fourth-order valence-corrected chi connectivity index (χ4v) is 9.49. The predicted molar refractivity (Wildman–Crippen MR) is 94.2 cm³/mol. The van der Waals surface area contributed by atoms with Gasteiger partial charge in [-0.2, -0.15) is 0 Å². The number of thioether (sulfide) groups is 2. The molecule has 7 atom stereocenters.